The molecule has 1 saturated heterocycles. The molecule has 3 N–H and O–H groups in total. The first kappa shape index (κ1) is 21.7. The monoisotopic (exact) mass is 457 g/mol. The van der Waals surface area contributed by atoms with Gasteiger partial charge in [-0.15, -0.1) is 12.4 Å². The number of hydrogen-bond donors (Lipinski definition) is 2. The molecule has 0 radical (unpaired) electrons. The first-order valence-corrected chi connectivity index (χ1v) is 9.96. The van der Waals surface area contributed by atoms with Crippen molar-refractivity contribution in [2.45, 2.75) is 18.9 Å². The molecule has 3 aromatic heterocycles. The highest BCUT2D eigenvalue weighted by atomic mass is 35.5. The van der Waals surface area contributed by atoms with Crippen LogP contribution in [0.25, 0.3) is 16.9 Å². The number of fused-ring (bicyclic) bond motifs is 1. The molecule has 1 aliphatic rings. The minimum absolute atomic E-state index is 0. The van der Waals surface area contributed by atoms with Gasteiger partial charge in [0.05, 0.1) is 11.9 Å². The topological polar surface area (TPSA) is 113 Å². The van der Waals surface area contributed by atoms with Crippen molar-refractivity contribution in [1.82, 2.24) is 29.4 Å². The lowest BCUT2D eigenvalue weighted by molar-refractivity contribution is 0.366. The number of ether oxygens (including phenoxy) is 1. The van der Waals surface area contributed by atoms with Crippen molar-refractivity contribution >= 4 is 29.4 Å². The van der Waals surface area contributed by atoms with Gasteiger partial charge in [0, 0.05) is 12.1 Å². The zero-order valence-corrected chi connectivity index (χ0v) is 17.8. The molecule has 4 heterocycles. The van der Waals surface area contributed by atoms with Gasteiger partial charge in [-0.25, -0.2) is 24.1 Å². The van der Waals surface area contributed by atoms with E-state index in [-0.39, 0.29) is 35.8 Å². The fraction of sp³-hybridized carbons (Fsp3) is 0.238. The SMILES string of the molecule is Cl.Nc1ncnc2c1n(-c1ccc(Oc3ccc(F)cc3)nc1)c(=O)n2C1CCNCC1. The molecule has 32 heavy (non-hydrogen) atoms. The number of halogens is 2. The van der Waals surface area contributed by atoms with Gasteiger partial charge >= 0.3 is 5.69 Å². The molecule has 0 aliphatic carbocycles. The Labute approximate surface area is 188 Å². The van der Waals surface area contributed by atoms with Crippen LogP contribution in [0.2, 0.25) is 0 Å². The third-order valence-electron chi connectivity index (χ3n) is 5.37. The maximum absolute atomic E-state index is 13.4. The fourth-order valence-electron chi connectivity index (χ4n) is 3.89. The minimum Gasteiger partial charge on any atom is -0.439 e. The summed E-state index contributed by atoms with van der Waals surface area (Å²) in [6.07, 6.45) is 4.55. The number of hydrogen-bond acceptors (Lipinski definition) is 7. The van der Waals surface area contributed by atoms with E-state index in [1.54, 1.807) is 16.7 Å². The zero-order chi connectivity index (χ0) is 21.4. The maximum Gasteiger partial charge on any atom is 0.335 e. The fourth-order valence-corrected chi connectivity index (χ4v) is 3.89. The van der Waals surface area contributed by atoms with Gasteiger partial charge in [0.2, 0.25) is 5.88 Å². The zero-order valence-electron chi connectivity index (χ0n) is 16.9. The number of piperidine rings is 1. The Morgan fingerprint density at radius 2 is 1.81 bits per heavy atom. The van der Waals surface area contributed by atoms with E-state index in [2.05, 4.69) is 20.3 Å². The van der Waals surface area contributed by atoms with Crippen LogP contribution < -0.4 is 21.5 Å². The molecule has 4 aromatic rings. The van der Waals surface area contributed by atoms with Gasteiger partial charge in [-0.1, -0.05) is 0 Å². The Morgan fingerprint density at radius 1 is 1.06 bits per heavy atom. The molecule has 9 nitrogen and oxygen atoms in total. The second kappa shape index (κ2) is 8.93. The van der Waals surface area contributed by atoms with Crippen molar-refractivity contribution in [3.8, 4) is 17.3 Å². The molecule has 5 rings (SSSR count). The van der Waals surface area contributed by atoms with E-state index >= 15 is 0 Å². The average Bonchev–Trinajstić information content (AvgIpc) is 3.09. The summed E-state index contributed by atoms with van der Waals surface area (Å²) in [6.45, 7) is 1.67. The van der Waals surface area contributed by atoms with Gasteiger partial charge in [0.15, 0.2) is 11.5 Å². The third-order valence-corrected chi connectivity index (χ3v) is 5.37. The van der Waals surface area contributed by atoms with Gasteiger partial charge < -0.3 is 15.8 Å². The van der Waals surface area contributed by atoms with Gasteiger partial charge in [-0.05, 0) is 56.3 Å². The van der Waals surface area contributed by atoms with Crippen LogP contribution in [0, 0.1) is 5.82 Å². The lowest BCUT2D eigenvalue weighted by Gasteiger charge is -2.23. The summed E-state index contributed by atoms with van der Waals surface area (Å²) in [5.74, 6) is 0.648. The Balaban J connectivity index is 0.00000245. The van der Waals surface area contributed by atoms with Crippen LogP contribution in [0.4, 0.5) is 10.2 Å². The van der Waals surface area contributed by atoms with Gasteiger partial charge in [-0.2, -0.15) is 0 Å². The Kier molecular flexibility index (Phi) is 6.06. The molecular weight excluding hydrogens is 437 g/mol. The van der Waals surface area contributed by atoms with Crippen molar-refractivity contribution in [1.29, 1.82) is 0 Å². The van der Waals surface area contributed by atoms with E-state index in [9.17, 15) is 9.18 Å². The Hall–Kier alpha value is -3.50. The Morgan fingerprint density at radius 3 is 2.50 bits per heavy atom. The summed E-state index contributed by atoms with van der Waals surface area (Å²) < 4.78 is 21.9. The van der Waals surface area contributed by atoms with Gasteiger partial charge in [-0.3, -0.25) is 9.13 Å². The predicted octanol–water partition coefficient (Wildman–Crippen LogP) is 2.84. The largest absolute Gasteiger partial charge is 0.439 e. The van der Waals surface area contributed by atoms with Crippen molar-refractivity contribution < 1.29 is 9.13 Å². The van der Waals surface area contributed by atoms with Gasteiger partial charge in [0.1, 0.15) is 23.4 Å². The van der Waals surface area contributed by atoms with Crippen LogP contribution in [0.15, 0.2) is 53.7 Å². The molecule has 1 aromatic carbocycles. The number of aromatic nitrogens is 5. The summed E-state index contributed by atoms with van der Waals surface area (Å²) in [6, 6.07) is 9.02. The van der Waals surface area contributed by atoms with Crippen molar-refractivity contribution in [3.63, 3.8) is 0 Å². The minimum atomic E-state index is -0.347. The van der Waals surface area contributed by atoms with Crippen molar-refractivity contribution in [2.75, 3.05) is 18.8 Å². The third kappa shape index (κ3) is 3.90. The number of anilines is 1. The maximum atomic E-state index is 13.4. The molecule has 1 aliphatic heterocycles. The van der Waals surface area contributed by atoms with Crippen LogP contribution in [-0.4, -0.2) is 37.2 Å². The molecule has 0 unspecified atom stereocenters. The Bertz CT molecular complexity index is 1280. The van der Waals surface area contributed by atoms with Crippen molar-refractivity contribution in [2.24, 2.45) is 0 Å². The number of benzene rings is 1. The van der Waals surface area contributed by atoms with E-state index in [0.717, 1.165) is 25.9 Å². The van der Waals surface area contributed by atoms with Crippen molar-refractivity contribution in [3.05, 3.63) is 65.2 Å². The number of pyridine rings is 1. The summed E-state index contributed by atoms with van der Waals surface area (Å²) >= 11 is 0. The second-order valence-corrected chi connectivity index (χ2v) is 7.31. The van der Waals surface area contributed by atoms with E-state index in [0.29, 0.717) is 28.5 Å². The second-order valence-electron chi connectivity index (χ2n) is 7.31. The van der Waals surface area contributed by atoms with Crippen LogP contribution >= 0.6 is 12.4 Å². The number of nitrogens with zero attached hydrogens (tertiary/aromatic N) is 5. The lowest BCUT2D eigenvalue weighted by Crippen LogP contribution is -2.34. The standard InChI is InChI=1S/C21H20FN7O2.ClH/c22-13-1-4-16(5-2-13)31-17-6-3-15(11-25-17)28-18-19(23)26-12-27-20(18)29(21(28)30)14-7-9-24-10-8-14;/h1-6,11-12,14,24H,7-10H2,(H2,23,26,27);1H. The van der Waals surface area contributed by atoms with Crippen LogP contribution in [0.3, 0.4) is 0 Å². The number of nitrogens with two attached hydrogens (primary N) is 1. The summed E-state index contributed by atoms with van der Waals surface area (Å²) in [4.78, 5) is 26.2. The highest BCUT2D eigenvalue weighted by Crippen LogP contribution is 2.27. The molecule has 0 atom stereocenters. The molecular formula is C21H21ClFN7O2. The van der Waals surface area contributed by atoms with E-state index in [4.69, 9.17) is 10.5 Å². The predicted molar refractivity (Wildman–Crippen MR) is 120 cm³/mol. The number of nitrogen functional groups attached to an aromatic ring is 1. The quantitative estimate of drug-likeness (QED) is 0.484. The average molecular weight is 458 g/mol. The number of rotatable bonds is 4. The molecule has 1 fully saturated rings. The molecule has 0 spiro atoms. The first-order chi connectivity index (χ1) is 15.1. The van der Waals surface area contributed by atoms with Crippen LogP contribution in [-0.2, 0) is 0 Å². The molecule has 0 amide bonds. The molecule has 0 bridgehead atoms. The van der Waals surface area contributed by atoms with Crippen LogP contribution in [0.1, 0.15) is 18.9 Å². The van der Waals surface area contributed by atoms with E-state index in [1.807, 2.05) is 0 Å². The normalized spacial score (nSPS) is 14.3. The highest BCUT2D eigenvalue weighted by molar-refractivity contribution is 5.85. The molecule has 166 valence electrons. The first-order valence-electron chi connectivity index (χ1n) is 9.96. The van der Waals surface area contributed by atoms with E-state index < -0.39 is 0 Å². The molecule has 0 saturated carbocycles. The van der Waals surface area contributed by atoms with Gasteiger partial charge in [0.25, 0.3) is 0 Å². The summed E-state index contributed by atoms with van der Waals surface area (Å²) in [5, 5.41) is 3.31. The number of imidazole rings is 1. The summed E-state index contributed by atoms with van der Waals surface area (Å²) in [7, 11) is 0. The molecule has 11 heteroatoms. The number of nitrogens with one attached hydrogen (secondary N) is 1. The highest BCUT2D eigenvalue weighted by Gasteiger charge is 2.25. The smallest absolute Gasteiger partial charge is 0.335 e. The van der Waals surface area contributed by atoms with Crippen LogP contribution in [0.5, 0.6) is 11.6 Å². The summed E-state index contributed by atoms with van der Waals surface area (Å²) in [5.41, 5.74) is 7.40. The van der Waals surface area contributed by atoms with E-state index in [1.165, 1.54) is 41.4 Å². The lowest BCUT2D eigenvalue weighted by atomic mass is 10.1.